The van der Waals surface area contributed by atoms with E-state index in [1.165, 1.54) is 11.3 Å². The van der Waals surface area contributed by atoms with E-state index >= 15 is 0 Å². The first kappa shape index (κ1) is 14.7. The highest BCUT2D eigenvalue weighted by molar-refractivity contribution is 6.42. The van der Waals surface area contributed by atoms with E-state index in [2.05, 4.69) is 29.2 Å². The zero-order valence-electron chi connectivity index (χ0n) is 11.7. The predicted molar refractivity (Wildman–Crippen MR) is 90.4 cm³/mol. The van der Waals surface area contributed by atoms with Crippen molar-refractivity contribution in [1.82, 2.24) is 0 Å². The van der Waals surface area contributed by atoms with Crippen molar-refractivity contribution in [3.63, 3.8) is 0 Å². The second-order valence-electron chi connectivity index (χ2n) is 5.32. The van der Waals surface area contributed by atoms with Gasteiger partial charge in [0.25, 0.3) is 0 Å². The third-order valence-corrected chi connectivity index (χ3v) is 4.92. The lowest BCUT2D eigenvalue weighted by Gasteiger charge is -2.38. The number of nitrogens with two attached hydrogens (primary N) is 1. The van der Waals surface area contributed by atoms with Crippen LogP contribution in [0.5, 0.6) is 0 Å². The Kier molecular flexibility index (Phi) is 4.39. The van der Waals surface area contributed by atoms with Crippen molar-refractivity contribution in [1.29, 1.82) is 0 Å². The van der Waals surface area contributed by atoms with Gasteiger partial charge >= 0.3 is 0 Å². The summed E-state index contributed by atoms with van der Waals surface area (Å²) in [7, 11) is 0. The first-order chi connectivity index (χ1) is 10.2. The lowest BCUT2D eigenvalue weighted by atomic mass is 9.97. The number of hydrogen-bond donors (Lipinski definition) is 1. The minimum absolute atomic E-state index is 0.0534. The van der Waals surface area contributed by atoms with Gasteiger partial charge in [-0.25, -0.2) is 0 Å². The molecular weight excluding hydrogens is 303 g/mol. The number of nitrogens with zero attached hydrogens (tertiary/aromatic N) is 1. The standard InChI is InChI=1S/C17H18Cl2N2/c18-14-8-3-7-13(17(14)19)16(11-20)21-10-4-6-12-5-1-2-9-15(12)21/h1-3,5,7-9,16H,4,6,10-11,20H2. The molecule has 2 aromatic rings. The summed E-state index contributed by atoms with van der Waals surface area (Å²) in [4.78, 5) is 2.36. The van der Waals surface area contributed by atoms with E-state index in [1.54, 1.807) is 0 Å². The zero-order valence-corrected chi connectivity index (χ0v) is 13.2. The summed E-state index contributed by atoms with van der Waals surface area (Å²) >= 11 is 12.6. The van der Waals surface area contributed by atoms with Crippen molar-refractivity contribution in [2.24, 2.45) is 5.73 Å². The minimum Gasteiger partial charge on any atom is -0.363 e. The highest BCUT2D eigenvalue weighted by Gasteiger charge is 2.26. The molecule has 2 aromatic carbocycles. The van der Waals surface area contributed by atoms with Crippen molar-refractivity contribution in [3.8, 4) is 0 Å². The van der Waals surface area contributed by atoms with E-state index in [9.17, 15) is 0 Å². The molecule has 0 spiro atoms. The van der Waals surface area contributed by atoms with Gasteiger partial charge in [-0.1, -0.05) is 53.5 Å². The Labute approximate surface area is 135 Å². The molecule has 0 saturated carbocycles. The summed E-state index contributed by atoms with van der Waals surface area (Å²) in [5.74, 6) is 0. The maximum atomic E-state index is 6.40. The van der Waals surface area contributed by atoms with Crippen LogP contribution in [0.15, 0.2) is 42.5 Å². The fraction of sp³-hybridized carbons (Fsp3) is 0.294. The third-order valence-electron chi connectivity index (χ3n) is 4.09. The van der Waals surface area contributed by atoms with E-state index in [0.717, 1.165) is 24.9 Å². The molecule has 0 aliphatic carbocycles. The molecule has 110 valence electrons. The molecule has 21 heavy (non-hydrogen) atoms. The van der Waals surface area contributed by atoms with Crippen molar-refractivity contribution < 1.29 is 0 Å². The Morgan fingerprint density at radius 2 is 1.90 bits per heavy atom. The van der Waals surface area contributed by atoms with E-state index in [-0.39, 0.29) is 6.04 Å². The van der Waals surface area contributed by atoms with Crippen LogP contribution < -0.4 is 10.6 Å². The zero-order chi connectivity index (χ0) is 14.8. The van der Waals surface area contributed by atoms with E-state index in [4.69, 9.17) is 28.9 Å². The van der Waals surface area contributed by atoms with Gasteiger partial charge in [0.2, 0.25) is 0 Å². The van der Waals surface area contributed by atoms with Crippen LogP contribution in [0.1, 0.15) is 23.6 Å². The van der Waals surface area contributed by atoms with Gasteiger partial charge in [0.1, 0.15) is 0 Å². The molecular formula is C17H18Cl2N2. The van der Waals surface area contributed by atoms with Crippen molar-refractivity contribution in [2.45, 2.75) is 18.9 Å². The number of para-hydroxylation sites is 1. The first-order valence-corrected chi connectivity index (χ1v) is 7.96. The molecule has 0 aromatic heterocycles. The second kappa shape index (κ2) is 6.27. The molecule has 3 rings (SSSR count). The fourth-order valence-corrected chi connectivity index (χ4v) is 3.52. The third kappa shape index (κ3) is 2.76. The molecule has 1 aliphatic rings. The fourth-order valence-electron chi connectivity index (χ4n) is 3.09. The molecule has 4 heteroatoms. The maximum Gasteiger partial charge on any atom is 0.0679 e. The second-order valence-corrected chi connectivity index (χ2v) is 6.11. The van der Waals surface area contributed by atoms with Crippen LogP contribution in [0.4, 0.5) is 5.69 Å². The highest BCUT2D eigenvalue weighted by atomic mass is 35.5. The molecule has 2 nitrogen and oxygen atoms in total. The Morgan fingerprint density at radius 3 is 2.71 bits per heavy atom. The molecule has 0 saturated heterocycles. The topological polar surface area (TPSA) is 29.3 Å². The van der Waals surface area contributed by atoms with Crippen LogP contribution in [0.3, 0.4) is 0 Å². The molecule has 0 amide bonds. The average molecular weight is 321 g/mol. The number of anilines is 1. The minimum atomic E-state index is 0.0534. The maximum absolute atomic E-state index is 6.40. The highest BCUT2D eigenvalue weighted by Crippen LogP contribution is 2.37. The molecule has 1 unspecified atom stereocenters. The van der Waals surface area contributed by atoms with Gasteiger partial charge in [-0.05, 0) is 36.1 Å². The summed E-state index contributed by atoms with van der Waals surface area (Å²) < 4.78 is 0. The SMILES string of the molecule is NCC(c1cccc(Cl)c1Cl)N1CCCc2ccccc21. The summed E-state index contributed by atoms with van der Waals surface area (Å²) in [6, 6.07) is 14.3. The molecule has 1 atom stereocenters. The van der Waals surface area contributed by atoms with Gasteiger partial charge in [-0.2, -0.15) is 0 Å². The molecule has 1 aliphatic heterocycles. The summed E-state index contributed by atoms with van der Waals surface area (Å²) in [6.07, 6.45) is 2.25. The monoisotopic (exact) mass is 320 g/mol. The molecule has 0 fully saturated rings. The van der Waals surface area contributed by atoms with E-state index in [1.807, 2.05) is 18.2 Å². The predicted octanol–water partition coefficient (Wildman–Crippen LogP) is 4.45. The van der Waals surface area contributed by atoms with Gasteiger partial charge in [0.05, 0.1) is 16.1 Å². The molecule has 0 radical (unpaired) electrons. The summed E-state index contributed by atoms with van der Waals surface area (Å²) in [5.41, 5.74) is 9.71. The van der Waals surface area contributed by atoms with Crippen molar-refractivity contribution in [3.05, 3.63) is 63.6 Å². The number of benzene rings is 2. The molecule has 1 heterocycles. The summed E-state index contributed by atoms with van der Waals surface area (Å²) in [6.45, 7) is 1.50. The number of hydrogen-bond acceptors (Lipinski definition) is 2. The van der Waals surface area contributed by atoms with Gasteiger partial charge < -0.3 is 10.6 Å². The number of halogens is 2. The van der Waals surface area contributed by atoms with E-state index in [0.29, 0.717) is 16.6 Å². The lowest BCUT2D eigenvalue weighted by Crippen LogP contribution is -2.37. The largest absolute Gasteiger partial charge is 0.363 e. The number of aryl methyl sites for hydroxylation is 1. The Morgan fingerprint density at radius 1 is 1.10 bits per heavy atom. The normalized spacial score (nSPS) is 15.7. The van der Waals surface area contributed by atoms with Gasteiger partial charge in [0, 0.05) is 18.8 Å². The quantitative estimate of drug-likeness (QED) is 0.905. The number of fused-ring (bicyclic) bond motifs is 1. The van der Waals surface area contributed by atoms with Crippen LogP contribution in [-0.4, -0.2) is 13.1 Å². The number of rotatable bonds is 3. The summed E-state index contributed by atoms with van der Waals surface area (Å²) in [5, 5.41) is 1.19. The van der Waals surface area contributed by atoms with Gasteiger partial charge in [-0.3, -0.25) is 0 Å². The Balaban J connectivity index is 2.04. The van der Waals surface area contributed by atoms with Gasteiger partial charge in [0.15, 0.2) is 0 Å². The first-order valence-electron chi connectivity index (χ1n) is 7.21. The van der Waals surface area contributed by atoms with Crippen LogP contribution in [0.2, 0.25) is 10.0 Å². The lowest BCUT2D eigenvalue weighted by molar-refractivity contribution is 0.588. The van der Waals surface area contributed by atoms with Crippen LogP contribution in [0.25, 0.3) is 0 Å². The van der Waals surface area contributed by atoms with Crippen LogP contribution >= 0.6 is 23.2 Å². The van der Waals surface area contributed by atoms with Crippen molar-refractivity contribution >= 4 is 28.9 Å². The smallest absolute Gasteiger partial charge is 0.0679 e. The van der Waals surface area contributed by atoms with Crippen LogP contribution in [0, 0.1) is 0 Å². The van der Waals surface area contributed by atoms with E-state index < -0.39 is 0 Å². The Hall–Kier alpha value is -1.22. The molecule has 0 bridgehead atoms. The van der Waals surface area contributed by atoms with Crippen molar-refractivity contribution in [2.75, 3.05) is 18.0 Å². The average Bonchev–Trinajstić information content (AvgIpc) is 2.52. The van der Waals surface area contributed by atoms with Crippen LogP contribution in [-0.2, 0) is 6.42 Å². The van der Waals surface area contributed by atoms with Gasteiger partial charge in [-0.15, -0.1) is 0 Å². The Bertz CT molecular complexity index is 642. The molecule has 2 N–H and O–H groups in total.